The van der Waals surface area contributed by atoms with E-state index in [0.29, 0.717) is 16.3 Å². The molecule has 4 aromatic rings. The minimum atomic E-state index is -0.00699. The van der Waals surface area contributed by atoms with Crippen molar-refractivity contribution in [1.29, 1.82) is 0 Å². The third-order valence-corrected chi connectivity index (χ3v) is 5.15. The molecule has 112 valence electrons. The molecule has 3 nitrogen and oxygen atoms in total. The van der Waals surface area contributed by atoms with Gasteiger partial charge in [0, 0.05) is 4.88 Å². The van der Waals surface area contributed by atoms with Crippen LogP contribution in [0.1, 0.15) is 20.4 Å². The van der Waals surface area contributed by atoms with Crippen LogP contribution >= 0.6 is 22.7 Å². The lowest BCUT2D eigenvalue weighted by Gasteiger charge is -2.01. The summed E-state index contributed by atoms with van der Waals surface area (Å²) in [6.45, 7) is 0. The molecule has 0 aliphatic carbocycles. The Morgan fingerprint density at radius 3 is 2.57 bits per heavy atom. The maximum Gasteiger partial charge on any atom is 0.206 e. The third kappa shape index (κ3) is 2.76. The molecular formula is C18H12N2OS2. The number of imidazole rings is 1. The number of para-hydroxylation sites is 2. The highest BCUT2D eigenvalue weighted by Crippen LogP contribution is 2.26. The fourth-order valence-corrected chi connectivity index (χ4v) is 3.71. The molecule has 4 rings (SSSR count). The van der Waals surface area contributed by atoms with E-state index in [-0.39, 0.29) is 5.78 Å². The van der Waals surface area contributed by atoms with Gasteiger partial charge in [0.05, 0.1) is 21.5 Å². The van der Waals surface area contributed by atoms with Crippen molar-refractivity contribution < 1.29 is 4.79 Å². The van der Waals surface area contributed by atoms with E-state index < -0.39 is 0 Å². The molecule has 0 fully saturated rings. The molecule has 0 bridgehead atoms. The van der Waals surface area contributed by atoms with Gasteiger partial charge in [0.1, 0.15) is 5.82 Å². The van der Waals surface area contributed by atoms with Gasteiger partial charge in [-0.05, 0) is 41.1 Å². The van der Waals surface area contributed by atoms with Gasteiger partial charge in [-0.3, -0.25) is 4.79 Å². The Kier molecular flexibility index (Phi) is 3.65. The Morgan fingerprint density at radius 2 is 1.83 bits per heavy atom. The lowest BCUT2D eigenvalue weighted by Crippen LogP contribution is -2.02. The van der Waals surface area contributed by atoms with Crippen molar-refractivity contribution in [2.75, 3.05) is 0 Å². The molecule has 3 heterocycles. The van der Waals surface area contributed by atoms with Crippen LogP contribution in [-0.4, -0.2) is 15.8 Å². The Bertz CT molecular complexity index is 946. The number of hydrogen-bond donors (Lipinski definition) is 1. The van der Waals surface area contributed by atoms with Crippen LogP contribution in [0.25, 0.3) is 22.7 Å². The highest BCUT2D eigenvalue weighted by molar-refractivity contribution is 7.12. The van der Waals surface area contributed by atoms with Crippen molar-refractivity contribution in [3.8, 4) is 0 Å². The molecular weight excluding hydrogens is 324 g/mol. The van der Waals surface area contributed by atoms with Crippen molar-refractivity contribution in [3.05, 3.63) is 74.9 Å². The maximum absolute atomic E-state index is 12.9. The van der Waals surface area contributed by atoms with Crippen molar-refractivity contribution in [3.63, 3.8) is 0 Å². The number of aromatic nitrogens is 2. The Hall–Kier alpha value is -2.50. The zero-order valence-electron chi connectivity index (χ0n) is 12.0. The molecule has 23 heavy (non-hydrogen) atoms. The van der Waals surface area contributed by atoms with Crippen molar-refractivity contribution in [2.45, 2.75) is 0 Å². The van der Waals surface area contributed by atoms with E-state index in [4.69, 9.17) is 0 Å². The predicted molar refractivity (Wildman–Crippen MR) is 96.9 cm³/mol. The quantitative estimate of drug-likeness (QED) is 0.416. The summed E-state index contributed by atoms with van der Waals surface area (Å²) in [5, 5.41) is 3.91. The molecule has 1 N–H and O–H groups in total. The molecule has 0 atom stereocenters. The van der Waals surface area contributed by atoms with E-state index in [0.717, 1.165) is 15.9 Å². The molecule has 3 aromatic heterocycles. The van der Waals surface area contributed by atoms with Crippen LogP contribution in [0, 0.1) is 0 Å². The maximum atomic E-state index is 12.9. The van der Waals surface area contributed by atoms with Gasteiger partial charge in [-0.1, -0.05) is 24.3 Å². The van der Waals surface area contributed by atoms with Crippen molar-refractivity contribution in [2.24, 2.45) is 0 Å². The number of allylic oxidation sites excluding steroid dienone is 1. The molecule has 0 aliphatic rings. The number of aromatic amines is 1. The van der Waals surface area contributed by atoms with Crippen LogP contribution in [0.2, 0.25) is 0 Å². The summed E-state index contributed by atoms with van der Waals surface area (Å²) in [4.78, 5) is 22.5. The first kappa shape index (κ1) is 14.1. The second-order valence-electron chi connectivity index (χ2n) is 4.98. The lowest BCUT2D eigenvalue weighted by molar-refractivity contribution is 0.106. The van der Waals surface area contributed by atoms with E-state index >= 15 is 0 Å². The monoisotopic (exact) mass is 336 g/mol. The normalized spacial score (nSPS) is 11.9. The molecule has 1 aromatic carbocycles. The summed E-state index contributed by atoms with van der Waals surface area (Å²) in [5.41, 5.74) is 2.38. The second kappa shape index (κ2) is 5.95. The number of benzene rings is 1. The summed E-state index contributed by atoms with van der Waals surface area (Å²) in [5.74, 6) is 0.602. The topological polar surface area (TPSA) is 45.8 Å². The third-order valence-electron chi connectivity index (χ3n) is 3.46. The van der Waals surface area contributed by atoms with E-state index in [1.54, 1.807) is 11.3 Å². The summed E-state index contributed by atoms with van der Waals surface area (Å²) >= 11 is 3.05. The Labute approximate surface area is 141 Å². The number of fused-ring (bicyclic) bond motifs is 1. The number of nitrogens with zero attached hydrogens (tertiary/aromatic N) is 1. The van der Waals surface area contributed by atoms with Gasteiger partial charge in [-0.2, -0.15) is 0 Å². The molecule has 0 spiro atoms. The first-order valence-corrected chi connectivity index (χ1v) is 8.86. The SMILES string of the molecule is O=C(/C(=C/c1cccs1)c1nc2ccccc2[nH]1)c1cccs1. The summed E-state index contributed by atoms with van der Waals surface area (Å²) < 4.78 is 0. The number of hydrogen-bond acceptors (Lipinski definition) is 4. The zero-order chi connectivity index (χ0) is 15.6. The van der Waals surface area contributed by atoms with Gasteiger partial charge in [0.2, 0.25) is 5.78 Å². The molecule has 0 saturated heterocycles. The van der Waals surface area contributed by atoms with Gasteiger partial charge in [-0.25, -0.2) is 4.98 Å². The van der Waals surface area contributed by atoms with Crippen LogP contribution in [0.5, 0.6) is 0 Å². The molecule has 0 amide bonds. The number of Topliss-reactive ketones (excluding diaryl/α,β-unsaturated/α-hetero) is 1. The Balaban J connectivity index is 1.86. The number of nitrogens with one attached hydrogen (secondary N) is 1. The number of thiophene rings is 2. The molecule has 5 heteroatoms. The van der Waals surface area contributed by atoms with Gasteiger partial charge < -0.3 is 4.98 Å². The average Bonchev–Trinajstić information content (AvgIpc) is 3.32. The highest BCUT2D eigenvalue weighted by Gasteiger charge is 2.19. The number of rotatable bonds is 4. The van der Waals surface area contributed by atoms with Gasteiger partial charge >= 0.3 is 0 Å². The van der Waals surface area contributed by atoms with E-state index in [1.165, 1.54) is 11.3 Å². The molecule has 0 saturated carbocycles. The van der Waals surface area contributed by atoms with Crippen molar-refractivity contribution in [1.82, 2.24) is 9.97 Å². The minimum Gasteiger partial charge on any atom is -0.338 e. The zero-order valence-corrected chi connectivity index (χ0v) is 13.7. The molecule has 0 radical (unpaired) electrons. The van der Waals surface area contributed by atoms with Crippen LogP contribution in [0.15, 0.2) is 59.3 Å². The predicted octanol–water partition coefficient (Wildman–Crippen LogP) is 5.11. The number of H-pyrrole nitrogens is 1. The fourth-order valence-electron chi connectivity index (χ4n) is 2.38. The van der Waals surface area contributed by atoms with Crippen molar-refractivity contribution >= 4 is 51.1 Å². The van der Waals surface area contributed by atoms with E-state index in [1.807, 2.05) is 65.4 Å². The molecule has 0 aliphatic heterocycles. The summed E-state index contributed by atoms with van der Waals surface area (Å²) in [7, 11) is 0. The van der Waals surface area contributed by atoms with E-state index in [9.17, 15) is 4.79 Å². The van der Waals surface area contributed by atoms with Crippen LogP contribution < -0.4 is 0 Å². The standard InChI is InChI=1S/C18H12N2OS2/c21-17(16-8-4-10-23-16)13(11-12-5-3-9-22-12)18-19-14-6-1-2-7-15(14)20-18/h1-11H,(H,19,20)/b13-11-. The average molecular weight is 336 g/mol. The number of ketones is 1. The first-order chi connectivity index (χ1) is 11.3. The van der Waals surface area contributed by atoms with Crippen LogP contribution in [0.3, 0.4) is 0 Å². The number of carbonyl (C=O) groups excluding carboxylic acids is 1. The van der Waals surface area contributed by atoms with Gasteiger partial charge in [0.25, 0.3) is 0 Å². The van der Waals surface area contributed by atoms with Gasteiger partial charge in [0.15, 0.2) is 0 Å². The van der Waals surface area contributed by atoms with Crippen LogP contribution in [-0.2, 0) is 0 Å². The largest absolute Gasteiger partial charge is 0.338 e. The summed E-state index contributed by atoms with van der Waals surface area (Å²) in [6.07, 6.45) is 1.91. The smallest absolute Gasteiger partial charge is 0.206 e. The Morgan fingerprint density at radius 1 is 1.00 bits per heavy atom. The van der Waals surface area contributed by atoms with Crippen LogP contribution in [0.4, 0.5) is 0 Å². The summed E-state index contributed by atoms with van der Waals surface area (Å²) in [6, 6.07) is 15.5. The minimum absolute atomic E-state index is 0.00699. The fraction of sp³-hybridized carbons (Fsp3) is 0. The number of carbonyl (C=O) groups is 1. The van der Waals surface area contributed by atoms with E-state index in [2.05, 4.69) is 9.97 Å². The lowest BCUT2D eigenvalue weighted by atomic mass is 10.1. The molecule has 0 unspecified atom stereocenters. The van der Waals surface area contributed by atoms with Gasteiger partial charge in [-0.15, -0.1) is 22.7 Å². The first-order valence-electron chi connectivity index (χ1n) is 7.10. The highest BCUT2D eigenvalue weighted by atomic mass is 32.1. The second-order valence-corrected chi connectivity index (χ2v) is 6.91.